The zero-order valence-electron chi connectivity index (χ0n) is 8.18. The molecule has 15 heavy (non-hydrogen) atoms. The van der Waals surface area contributed by atoms with E-state index in [9.17, 15) is 0 Å². The van der Waals surface area contributed by atoms with Crippen LogP contribution in [0.5, 0.6) is 0 Å². The Bertz CT molecular complexity index is 453. The van der Waals surface area contributed by atoms with Gasteiger partial charge in [0.2, 0.25) is 0 Å². The quantitative estimate of drug-likeness (QED) is 0.871. The highest BCUT2D eigenvalue weighted by Crippen LogP contribution is 2.13. The van der Waals surface area contributed by atoms with Crippen LogP contribution in [0.1, 0.15) is 5.69 Å². The van der Waals surface area contributed by atoms with Crippen molar-refractivity contribution in [1.29, 1.82) is 0 Å². The number of nitrogens with zero attached hydrogens (tertiary/aromatic N) is 4. The van der Waals surface area contributed by atoms with Crippen LogP contribution in [0.2, 0.25) is 0 Å². The first-order valence-electron chi connectivity index (χ1n) is 4.43. The minimum absolute atomic E-state index is 0.712. The van der Waals surface area contributed by atoms with Crippen LogP contribution in [-0.4, -0.2) is 19.7 Å². The summed E-state index contributed by atoms with van der Waals surface area (Å²) in [5.41, 5.74) is 1.12. The number of hydrogen-bond acceptors (Lipinski definition) is 4. The Morgan fingerprint density at radius 2 is 2.40 bits per heavy atom. The molecule has 0 saturated carbocycles. The molecule has 0 aliphatic rings. The number of halogens is 1. The van der Waals surface area contributed by atoms with Gasteiger partial charge in [0.25, 0.3) is 0 Å². The Morgan fingerprint density at radius 1 is 1.53 bits per heavy atom. The molecule has 0 aromatic carbocycles. The van der Waals surface area contributed by atoms with Crippen molar-refractivity contribution >= 4 is 28.4 Å². The van der Waals surface area contributed by atoms with E-state index in [-0.39, 0.29) is 0 Å². The first kappa shape index (κ1) is 10.3. The summed E-state index contributed by atoms with van der Waals surface area (Å²) in [6.07, 6.45) is 5.09. The van der Waals surface area contributed by atoms with Crippen LogP contribution < -0.4 is 5.32 Å². The van der Waals surface area contributed by atoms with Crippen molar-refractivity contribution in [1.82, 2.24) is 19.7 Å². The summed E-state index contributed by atoms with van der Waals surface area (Å²) in [7, 11) is 1.92. The SMILES string of the molecule is Cn1nccc1CNc1ncncc1I. The third-order valence-electron chi connectivity index (χ3n) is 2.03. The van der Waals surface area contributed by atoms with E-state index in [1.807, 2.05) is 17.8 Å². The van der Waals surface area contributed by atoms with Crippen molar-refractivity contribution in [3.8, 4) is 0 Å². The third kappa shape index (κ3) is 2.44. The molecule has 0 fully saturated rings. The van der Waals surface area contributed by atoms with Crippen LogP contribution in [0, 0.1) is 3.57 Å². The Hall–Kier alpha value is -1.18. The maximum Gasteiger partial charge on any atom is 0.143 e. The van der Waals surface area contributed by atoms with E-state index in [0.29, 0.717) is 6.54 Å². The summed E-state index contributed by atoms with van der Waals surface area (Å²) in [5, 5.41) is 7.33. The molecule has 0 bridgehead atoms. The van der Waals surface area contributed by atoms with Gasteiger partial charge in [-0.15, -0.1) is 0 Å². The molecule has 0 atom stereocenters. The maximum absolute atomic E-state index is 4.15. The Labute approximate surface area is 101 Å². The van der Waals surface area contributed by atoms with E-state index in [4.69, 9.17) is 0 Å². The van der Waals surface area contributed by atoms with Crippen LogP contribution >= 0.6 is 22.6 Å². The minimum atomic E-state index is 0.712. The molecule has 0 unspecified atom stereocenters. The first-order chi connectivity index (χ1) is 7.27. The highest BCUT2D eigenvalue weighted by Gasteiger charge is 2.02. The Balaban J connectivity index is 2.06. The number of nitrogens with one attached hydrogen (secondary N) is 1. The predicted molar refractivity (Wildman–Crippen MR) is 65.3 cm³/mol. The van der Waals surface area contributed by atoms with Gasteiger partial charge in [0.05, 0.1) is 15.8 Å². The van der Waals surface area contributed by atoms with Gasteiger partial charge in [-0.1, -0.05) is 0 Å². The second-order valence-electron chi connectivity index (χ2n) is 3.02. The highest BCUT2D eigenvalue weighted by molar-refractivity contribution is 14.1. The summed E-state index contributed by atoms with van der Waals surface area (Å²) in [6, 6.07) is 1.97. The molecule has 6 heteroatoms. The fourth-order valence-corrected chi connectivity index (χ4v) is 1.68. The summed E-state index contributed by atoms with van der Waals surface area (Å²) in [6.45, 7) is 0.712. The number of anilines is 1. The highest BCUT2D eigenvalue weighted by atomic mass is 127. The lowest BCUT2D eigenvalue weighted by atomic mass is 10.4. The Kier molecular flexibility index (Phi) is 3.14. The van der Waals surface area contributed by atoms with Gasteiger partial charge in [-0.2, -0.15) is 5.10 Å². The van der Waals surface area contributed by atoms with E-state index in [1.165, 1.54) is 6.33 Å². The molecule has 0 radical (unpaired) electrons. The molecule has 0 spiro atoms. The van der Waals surface area contributed by atoms with E-state index in [1.54, 1.807) is 12.4 Å². The van der Waals surface area contributed by atoms with E-state index < -0.39 is 0 Å². The molecular formula is C9H10IN5. The van der Waals surface area contributed by atoms with Crippen molar-refractivity contribution in [2.75, 3.05) is 5.32 Å². The lowest BCUT2D eigenvalue weighted by molar-refractivity contribution is 0.719. The van der Waals surface area contributed by atoms with Crippen LogP contribution in [-0.2, 0) is 13.6 Å². The topological polar surface area (TPSA) is 55.6 Å². The number of aromatic nitrogens is 4. The average Bonchev–Trinajstić information content (AvgIpc) is 2.63. The van der Waals surface area contributed by atoms with E-state index >= 15 is 0 Å². The van der Waals surface area contributed by atoms with Gasteiger partial charge in [0, 0.05) is 19.4 Å². The van der Waals surface area contributed by atoms with E-state index in [2.05, 4.69) is 43.0 Å². The number of rotatable bonds is 3. The molecule has 0 aliphatic carbocycles. The van der Waals surface area contributed by atoms with Gasteiger partial charge in [-0.05, 0) is 28.7 Å². The fraction of sp³-hybridized carbons (Fsp3) is 0.222. The molecule has 5 nitrogen and oxygen atoms in total. The maximum atomic E-state index is 4.15. The summed E-state index contributed by atoms with van der Waals surface area (Å²) < 4.78 is 2.85. The van der Waals surface area contributed by atoms with Gasteiger partial charge in [-0.3, -0.25) is 4.68 Å². The van der Waals surface area contributed by atoms with Crippen LogP contribution in [0.25, 0.3) is 0 Å². The predicted octanol–water partition coefficient (Wildman–Crippen LogP) is 1.43. The third-order valence-corrected chi connectivity index (χ3v) is 2.82. The number of aryl methyl sites for hydroxylation is 1. The van der Waals surface area contributed by atoms with Crippen molar-refractivity contribution in [3.05, 3.63) is 34.1 Å². The Morgan fingerprint density at radius 3 is 3.07 bits per heavy atom. The van der Waals surface area contributed by atoms with Crippen molar-refractivity contribution in [2.24, 2.45) is 7.05 Å². The molecular weight excluding hydrogens is 305 g/mol. The lowest BCUT2D eigenvalue weighted by Crippen LogP contribution is -2.07. The normalized spacial score (nSPS) is 10.3. The minimum Gasteiger partial charge on any atom is -0.363 e. The zero-order chi connectivity index (χ0) is 10.7. The fourth-order valence-electron chi connectivity index (χ4n) is 1.19. The van der Waals surface area contributed by atoms with Gasteiger partial charge < -0.3 is 5.32 Å². The zero-order valence-corrected chi connectivity index (χ0v) is 10.3. The average molecular weight is 315 g/mol. The van der Waals surface area contributed by atoms with Crippen molar-refractivity contribution in [2.45, 2.75) is 6.54 Å². The standard InChI is InChI=1S/C9H10IN5/c1-15-7(2-3-14-15)4-12-9-8(10)5-11-6-13-9/h2-3,5-6H,4H2,1H3,(H,11,12,13). The van der Waals surface area contributed by atoms with Gasteiger partial charge in [0.1, 0.15) is 12.1 Å². The molecule has 0 amide bonds. The molecule has 1 N–H and O–H groups in total. The van der Waals surface area contributed by atoms with Crippen LogP contribution in [0.4, 0.5) is 5.82 Å². The summed E-state index contributed by atoms with van der Waals surface area (Å²) in [5.74, 6) is 0.854. The molecule has 2 aromatic heterocycles. The van der Waals surface area contributed by atoms with Crippen LogP contribution in [0.15, 0.2) is 24.8 Å². The molecule has 2 aromatic rings. The van der Waals surface area contributed by atoms with E-state index in [0.717, 1.165) is 15.1 Å². The molecule has 0 saturated heterocycles. The summed E-state index contributed by atoms with van der Waals surface area (Å²) >= 11 is 2.20. The molecule has 2 heterocycles. The number of hydrogen-bond donors (Lipinski definition) is 1. The second kappa shape index (κ2) is 4.56. The molecule has 2 rings (SSSR count). The largest absolute Gasteiger partial charge is 0.363 e. The second-order valence-corrected chi connectivity index (χ2v) is 4.18. The van der Waals surface area contributed by atoms with Gasteiger partial charge in [-0.25, -0.2) is 9.97 Å². The lowest BCUT2D eigenvalue weighted by Gasteiger charge is -2.06. The van der Waals surface area contributed by atoms with Crippen molar-refractivity contribution < 1.29 is 0 Å². The van der Waals surface area contributed by atoms with Gasteiger partial charge >= 0.3 is 0 Å². The monoisotopic (exact) mass is 315 g/mol. The summed E-state index contributed by atoms with van der Waals surface area (Å²) in [4.78, 5) is 8.08. The first-order valence-corrected chi connectivity index (χ1v) is 5.51. The smallest absolute Gasteiger partial charge is 0.143 e. The van der Waals surface area contributed by atoms with Crippen LogP contribution in [0.3, 0.4) is 0 Å². The van der Waals surface area contributed by atoms with Crippen molar-refractivity contribution in [3.63, 3.8) is 0 Å². The molecule has 0 aliphatic heterocycles. The van der Waals surface area contributed by atoms with Gasteiger partial charge in [0.15, 0.2) is 0 Å². The molecule has 78 valence electrons.